The summed E-state index contributed by atoms with van der Waals surface area (Å²) >= 11 is 1.31. The monoisotopic (exact) mass is 218 g/mol. The molecule has 0 fully saturated rings. The standard InChI is InChI=1S/C11H22O2S/c1-7(2)9(12)8(3)10(13)14-11(4,5)6/h7-9,12H,1-6H3/t8-,9+/m0/s1. The molecular weight excluding hydrogens is 196 g/mol. The Balaban J connectivity index is 4.26. The van der Waals surface area contributed by atoms with Crippen LogP contribution in [0.4, 0.5) is 0 Å². The summed E-state index contributed by atoms with van der Waals surface area (Å²) in [4.78, 5) is 11.7. The van der Waals surface area contributed by atoms with Gasteiger partial charge >= 0.3 is 0 Å². The minimum Gasteiger partial charge on any atom is -0.392 e. The van der Waals surface area contributed by atoms with Crippen molar-refractivity contribution in [3.05, 3.63) is 0 Å². The zero-order valence-electron chi connectivity index (χ0n) is 10.00. The Morgan fingerprint density at radius 1 is 1.21 bits per heavy atom. The van der Waals surface area contributed by atoms with Gasteiger partial charge in [0, 0.05) is 4.75 Å². The fraction of sp³-hybridized carbons (Fsp3) is 0.909. The summed E-state index contributed by atoms with van der Waals surface area (Å²) in [6, 6.07) is 0. The van der Waals surface area contributed by atoms with Gasteiger partial charge in [-0.05, 0) is 5.92 Å². The minimum atomic E-state index is -0.530. The van der Waals surface area contributed by atoms with Gasteiger partial charge in [0.25, 0.3) is 0 Å². The molecule has 84 valence electrons. The summed E-state index contributed by atoms with van der Waals surface area (Å²) in [6.45, 7) is 11.7. The van der Waals surface area contributed by atoms with Crippen LogP contribution in [-0.2, 0) is 4.79 Å². The normalized spacial score (nSPS) is 16.9. The van der Waals surface area contributed by atoms with Gasteiger partial charge < -0.3 is 5.11 Å². The third kappa shape index (κ3) is 5.01. The Kier molecular flexibility index (Phi) is 5.16. The van der Waals surface area contributed by atoms with E-state index in [1.807, 2.05) is 34.6 Å². The van der Waals surface area contributed by atoms with Crippen molar-refractivity contribution < 1.29 is 9.90 Å². The van der Waals surface area contributed by atoms with Crippen molar-refractivity contribution in [3.8, 4) is 0 Å². The van der Waals surface area contributed by atoms with E-state index < -0.39 is 6.10 Å². The molecule has 3 heteroatoms. The smallest absolute Gasteiger partial charge is 0.194 e. The van der Waals surface area contributed by atoms with Crippen molar-refractivity contribution in [3.63, 3.8) is 0 Å². The molecule has 0 rings (SSSR count). The summed E-state index contributed by atoms with van der Waals surface area (Å²) in [5.74, 6) is -0.145. The van der Waals surface area contributed by atoms with Crippen LogP contribution in [0.25, 0.3) is 0 Å². The van der Waals surface area contributed by atoms with Gasteiger partial charge in [0.05, 0.1) is 12.0 Å². The van der Waals surface area contributed by atoms with E-state index in [9.17, 15) is 9.90 Å². The predicted octanol–water partition coefficient (Wildman–Crippen LogP) is 2.70. The Hall–Kier alpha value is -0.0200. The SMILES string of the molecule is CC(C)[C@@H](O)[C@H](C)C(=O)SC(C)(C)C. The molecule has 0 amide bonds. The highest BCUT2D eigenvalue weighted by molar-refractivity contribution is 8.14. The maximum Gasteiger partial charge on any atom is 0.194 e. The van der Waals surface area contributed by atoms with Crippen LogP contribution >= 0.6 is 11.8 Å². The average molecular weight is 218 g/mol. The van der Waals surface area contributed by atoms with E-state index in [1.165, 1.54) is 11.8 Å². The van der Waals surface area contributed by atoms with E-state index >= 15 is 0 Å². The fourth-order valence-electron chi connectivity index (χ4n) is 1.11. The number of thioether (sulfide) groups is 1. The summed E-state index contributed by atoms with van der Waals surface area (Å²) in [5, 5.41) is 9.81. The molecule has 14 heavy (non-hydrogen) atoms. The molecule has 0 aromatic rings. The molecule has 0 saturated carbocycles. The largest absolute Gasteiger partial charge is 0.392 e. The van der Waals surface area contributed by atoms with Gasteiger partial charge in [-0.25, -0.2) is 0 Å². The molecule has 0 unspecified atom stereocenters. The highest BCUT2D eigenvalue weighted by atomic mass is 32.2. The van der Waals surface area contributed by atoms with Gasteiger partial charge in [0.15, 0.2) is 5.12 Å². The van der Waals surface area contributed by atoms with Crippen molar-refractivity contribution in [2.24, 2.45) is 11.8 Å². The molecule has 2 nitrogen and oxygen atoms in total. The Morgan fingerprint density at radius 2 is 1.64 bits per heavy atom. The van der Waals surface area contributed by atoms with Gasteiger partial charge in [-0.1, -0.05) is 53.3 Å². The molecule has 0 bridgehead atoms. The van der Waals surface area contributed by atoms with Gasteiger partial charge in [0.2, 0.25) is 0 Å². The first-order valence-corrected chi connectivity index (χ1v) is 5.87. The van der Waals surface area contributed by atoms with Crippen LogP contribution in [0.3, 0.4) is 0 Å². The number of aliphatic hydroxyl groups is 1. The summed E-state index contributed by atoms with van der Waals surface area (Å²) in [6.07, 6.45) is -0.530. The number of carbonyl (C=O) groups excluding carboxylic acids is 1. The van der Waals surface area contributed by atoms with E-state index in [4.69, 9.17) is 0 Å². The molecule has 0 aliphatic rings. The number of aliphatic hydroxyl groups excluding tert-OH is 1. The van der Waals surface area contributed by atoms with Crippen molar-refractivity contribution in [1.29, 1.82) is 0 Å². The number of hydrogen-bond acceptors (Lipinski definition) is 3. The number of hydrogen-bond donors (Lipinski definition) is 1. The second-order valence-corrected chi connectivity index (χ2v) is 6.89. The molecule has 0 radical (unpaired) electrons. The molecular formula is C11H22O2S. The second-order valence-electron chi connectivity index (χ2n) is 5.06. The molecule has 2 atom stereocenters. The summed E-state index contributed by atoms with van der Waals surface area (Å²) in [5.41, 5.74) is 0. The quantitative estimate of drug-likeness (QED) is 0.791. The van der Waals surface area contributed by atoms with Crippen LogP contribution in [0.15, 0.2) is 0 Å². The summed E-state index contributed by atoms with van der Waals surface area (Å²) < 4.78 is -0.0674. The topological polar surface area (TPSA) is 37.3 Å². The number of carbonyl (C=O) groups is 1. The highest BCUT2D eigenvalue weighted by Crippen LogP contribution is 2.29. The molecule has 1 N–H and O–H groups in total. The second kappa shape index (κ2) is 5.17. The Bertz CT molecular complexity index is 194. The van der Waals surface area contributed by atoms with Crippen LogP contribution < -0.4 is 0 Å². The first-order chi connectivity index (χ1) is 6.15. The highest BCUT2D eigenvalue weighted by Gasteiger charge is 2.28. The first kappa shape index (κ1) is 14.0. The maximum atomic E-state index is 11.7. The van der Waals surface area contributed by atoms with Crippen LogP contribution in [0.5, 0.6) is 0 Å². The van der Waals surface area contributed by atoms with E-state index in [1.54, 1.807) is 6.92 Å². The Labute approximate surface area is 91.5 Å². The van der Waals surface area contributed by atoms with Crippen molar-refractivity contribution >= 4 is 16.9 Å². The third-order valence-electron chi connectivity index (χ3n) is 1.97. The van der Waals surface area contributed by atoms with Gasteiger partial charge in [0.1, 0.15) is 0 Å². The lowest BCUT2D eigenvalue weighted by molar-refractivity contribution is -0.117. The third-order valence-corrected chi connectivity index (χ3v) is 3.16. The molecule has 0 heterocycles. The summed E-state index contributed by atoms with van der Waals surface area (Å²) in [7, 11) is 0. The molecule has 0 aliphatic heterocycles. The van der Waals surface area contributed by atoms with E-state index in [0.29, 0.717) is 0 Å². The van der Waals surface area contributed by atoms with Gasteiger partial charge in [-0.2, -0.15) is 0 Å². The van der Waals surface area contributed by atoms with Gasteiger partial charge in [-0.15, -0.1) is 0 Å². The molecule has 0 aromatic heterocycles. The lowest BCUT2D eigenvalue weighted by Crippen LogP contribution is -2.30. The molecule has 0 spiro atoms. The van der Waals surface area contributed by atoms with E-state index in [-0.39, 0.29) is 21.7 Å². The zero-order chi connectivity index (χ0) is 11.5. The number of rotatable bonds is 3. The van der Waals surface area contributed by atoms with Crippen LogP contribution in [-0.4, -0.2) is 21.1 Å². The van der Waals surface area contributed by atoms with Crippen molar-refractivity contribution in [1.82, 2.24) is 0 Å². The van der Waals surface area contributed by atoms with Crippen LogP contribution in [0, 0.1) is 11.8 Å². The first-order valence-electron chi connectivity index (χ1n) is 5.06. The van der Waals surface area contributed by atoms with Crippen molar-refractivity contribution in [2.45, 2.75) is 52.4 Å². The molecule has 0 aliphatic carbocycles. The molecule has 0 saturated heterocycles. The minimum absolute atomic E-state index is 0.0674. The van der Waals surface area contributed by atoms with Crippen LogP contribution in [0.2, 0.25) is 0 Å². The Morgan fingerprint density at radius 3 is 1.93 bits per heavy atom. The van der Waals surface area contributed by atoms with Gasteiger partial charge in [-0.3, -0.25) is 4.79 Å². The van der Waals surface area contributed by atoms with Crippen molar-refractivity contribution in [2.75, 3.05) is 0 Å². The molecule has 0 aromatic carbocycles. The fourth-order valence-corrected chi connectivity index (χ4v) is 2.04. The average Bonchev–Trinajstić information content (AvgIpc) is 1.98. The van der Waals surface area contributed by atoms with Crippen LogP contribution in [0.1, 0.15) is 41.5 Å². The van der Waals surface area contributed by atoms with E-state index in [2.05, 4.69) is 0 Å². The van der Waals surface area contributed by atoms with E-state index in [0.717, 1.165) is 0 Å². The zero-order valence-corrected chi connectivity index (χ0v) is 10.8. The lowest BCUT2D eigenvalue weighted by Gasteiger charge is -2.24. The lowest BCUT2D eigenvalue weighted by atomic mass is 9.96. The maximum absolute atomic E-state index is 11.7. The predicted molar refractivity (Wildman–Crippen MR) is 62.4 cm³/mol.